The largest absolute Gasteiger partial charge is 0.387 e. The molecule has 2 atom stereocenters. The molecule has 1 fully saturated rings. The second kappa shape index (κ2) is 5.17. The molecule has 1 aliphatic heterocycles. The Balaban J connectivity index is 2.10. The van der Waals surface area contributed by atoms with Crippen LogP contribution in [0.15, 0.2) is 18.3 Å². The number of carbonyl (C=O) groups excluding carboxylic acids is 1. The van der Waals surface area contributed by atoms with E-state index in [2.05, 4.69) is 9.88 Å². The predicted octanol–water partition coefficient (Wildman–Crippen LogP) is 1.23. The van der Waals surface area contributed by atoms with Crippen molar-refractivity contribution in [2.45, 2.75) is 32.8 Å². The summed E-state index contributed by atoms with van der Waals surface area (Å²) in [5, 5.41) is 9.70. The fraction of sp³-hybridized carbons (Fsp3) is 0.571. The topological polar surface area (TPSA) is 79.5 Å². The van der Waals surface area contributed by atoms with Gasteiger partial charge in [-0.3, -0.25) is 9.78 Å². The Kier molecular flexibility index (Phi) is 3.75. The van der Waals surface area contributed by atoms with Crippen molar-refractivity contribution in [3.8, 4) is 0 Å². The van der Waals surface area contributed by atoms with Gasteiger partial charge in [-0.2, -0.15) is 0 Å². The van der Waals surface area contributed by atoms with E-state index in [0.29, 0.717) is 18.7 Å². The van der Waals surface area contributed by atoms with E-state index in [0.717, 1.165) is 18.7 Å². The molecule has 0 aliphatic carbocycles. The van der Waals surface area contributed by atoms with Crippen molar-refractivity contribution in [3.63, 3.8) is 0 Å². The normalized spacial score (nSPS) is 24.5. The number of aromatic nitrogens is 1. The number of hydrogen-bond acceptors (Lipinski definition) is 4. The average molecular weight is 263 g/mol. The van der Waals surface area contributed by atoms with Crippen LogP contribution in [0, 0.1) is 5.41 Å². The summed E-state index contributed by atoms with van der Waals surface area (Å²) in [7, 11) is 0. The van der Waals surface area contributed by atoms with E-state index < -0.39 is 11.5 Å². The van der Waals surface area contributed by atoms with Crippen molar-refractivity contribution in [1.82, 2.24) is 4.98 Å². The van der Waals surface area contributed by atoms with Gasteiger partial charge in [-0.25, -0.2) is 0 Å². The molecular formula is C14H21N3O2. The first kappa shape index (κ1) is 13.8. The van der Waals surface area contributed by atoms with Crippen LogP contribution in [0.1, 0.15) is 38.5 Å². The van der Waals surface area contributed by atoms with Crippen LogP contribution in [-0.2, 0) is 4.79 Å². The standard InChI is InChI=1S/C14H21N3O2/c1-3-12(18)11-5-4-10(8-16-11)17-7-6-14(2,9-17)13(15)19/h4-5,8,12,18H,3,6-7,9H2,1-2H3,(H2,15,19)/t12-,14?/m0/s1. The number of amides is 1. The molecule has 19 heavy (non-hydrogen) atoms. The summed E-state index contributed by atoms with van der Waals surface area (Å²) < 4.78 is 0. The van der Waals surface area contributed by atoms with Crippen molar-refractivity contribution < 1.29 is 9.90 Å². The average Bonchev–Trinajstić information content (AvgIpc) is 2.82. The zero-order valence-electron chi connectivity index (χ0n) is 11.5. The summed E-state index contributed by atoms with van der Waals surface area (Å²) in [6.07, 6.45) is 2.65. The zero-order valence-corrected chi connectivity index (χ0v) is 11.5. The number of primary amides is 1. The summed E-state index contributed by atoms with van der Waals surface area (Å²) in [5.41, 5.74) is 6.64. The van der Waals surface area contributed by atoms with Gasteiger partial charge in [-0.05, 0) is 31.9 Å². The number of pyridine rings is 1. The molecule has 104 valence electrons. The lowest BCUT2D eigenvalue weighted by atomic mass is 9.89. The molecule has 3 N–H and O–H groups in total. The van der Waals surface area contributed by atoms with Gasteiger partial charge in [0.05, 0.1) is 29.1 Å². The third kappa shape index (κ3) is 2.71. The molecule has 5 heteroatoms. The van der Waals surface area contributed by atoms with E-state index >= 15 is 0 Å². The minimum absolute atomic E-state index is 0.249. The van der Waals surface area contributed by atoms with E-state index in [1.807, 2.05) is 26.0 Å². The summed E-state index contributed by atoms with van der Waals surface area (Å²) in [6, 6.07) is 3.78. The summed E-state index contributed by atoms with van der Waals surface area (Å²) in [5.74, 6) is -0.249. The Hall–Kier alpha value is -1.62. The molecule has 0 saturated carbocycles. The van der Waals surface area contributed by atoms with Gasteiger partial charge in [0.25, 0.3) is 0 Å². The van der Waals surface area contributed by atoms with Crippen molar-refractivity contribution in [2.24, 2.45) is 11.1 Å². The molecule has 0 spiro atoms. The molecular weight excluding hydrogens is 242 g/mol. The van der Waals surface area contributed by atoms with Crippen LogP contribution >= 0.6 is 0 Å². The Morgan fingerprint density at radius 1 is 1.63 bits per heavy atom. The van der Waals surface area contributed by atoms with Gasteiger partial charge in [0.2, 0.25) is 5.91 Å². The van der Waals surface area contributed by atoms with Gasteiger partial charge in [-0.15, -0.1) is 0 Å². The zero-order chi connectivity index (χ0) is 14.0. The maximum absolute atomic E-state index is 11.4. The Bertz CT molecular complexity index is 460. The van der Waals surface area contributed by atoms with Crippen LogP contribution in [0.4, 0.5) is 5.69 Å². The molecule has 1 saturated heterocycles. The van der Waals surface area contributed by atoms with Crippen LogP contribution in [-0.4, -0.2) is 29.1 Å². The number of nitrogens with two attached hydrogens (primary N) is 1. The minimum atomic E-state index is -0.511. The maximum atomic E-state index is 11.4. The number of nitrogens with zero attached hydrogens (tertiary/aromatic N) is 2. The monoisotopic (exact) mass is 263 g/mol. The lowest BCUT2D eigenvalue weighted by Gasteiger charge is -2.22. The van der Waals surface area contributed by atoms with Gasteiger partial charge >= 0.3 is 0 Å². The molecule has 0 aromatic carbocycles. The molecule has 1 unspecified atom stereocenters. The first-order valence-electron chi connectivity index (χ1n) is 6.65. The number of rotatable bonds is 4. The fourth-order valence-electron chi connectivity index (χ4n) is 2.37. The molecule has 1 amide bonds. The summed E-state index contributed by atoms with van der Waals surface area (Å²) >= 11 is 0. The number of hydrogen-bond donors (Lipinski definition) is 2. The van der Waals surface area contributed by atoms with Crippen LogP contribution in [0.2, 0.25) is 0 Å². The number of anilines is 1. The molecule has 1 aromatic heterocycles. The van der Waals surface area contributed by atoms with Gasteiger partial charge in [-0.1, -0.05) is 6.92 Å². The Morgan fingerprint density at radius 3 is 2.84 bits per heavy atom. The first-order chi connectivity index (χ1) is 8.96. The van der Waals surface area contributed by atoms with Crippen LogP contribution in [0.3, 0.4) is 0 Å². The van der Waals surface area contributed by atoms with Crippen molar-refractivity contribution >= 4 is 11.6 Å². The third-order valence-corrected chi connectivity index (χ3v) is 3.93. The quantitative estimate of drug-likeness (QED) is 0.856. The summed E-state index contributed by atoms with van der Waals surface area (Å²) in [4.78, 5) is 17.8. The summed E-state index contributed by atoms with van der Waals surface area (Å²) in [6.45, 7) is 5.24. The smallest absolute Gasteiger partial charge is 0.225 e. The molecule has 2 heterocycles. The van der Waals surface area contributed by atoms with E-state index in [4.69, 9.17) is 5.73 Å². The highest BCUT2D eigenvalue weighted by Gasteiger charge is 2.38. The van der Waals surface area contributed by atoms with Gasteiger partial charge in [0, 0.05) is 13.1 Å². The molecule has 0 radical (unpaired) electrons. The highest BCUT2D eigenvalue weighted by atomic mass is 16.3. The van der Waals surface area contributed by atoms with Crippen LogP contribution < -0.4 is 10.6 Å². The van der Waals surface area contributed by atoms with E-state index in [1.54, 1.807) is 6.20 Å². The molecule has 2 rings (SSSR count). The van der Waals surface area contributed by atoms with E-state index in [1.165, 1.54) is 0 Å². The lowest BCUT2D eigenvalue weighted by Crippen LogP contribution is -2.37. The van der Waals surface area contributed by atoms with Crippen molar-refractivity contribution in [1.29, 1.82) is 0 Å². The Labute approximate surface area is 113 Å². The van der Waals surface area contributed by atoms with E-state index in [-0.39, 0.29) is 5.91 Å². The minimum Gasteiger partial charge on any atom is -0.387 e. The van der Waals surface area contributed by atoms with Gasteiger partial charge in [0.15, 0.2) is 0 Å². The van der Waals surface area contributed by atoms with Gasteiger partial charge < -0.3 is 15.7 Å². The van der Waals surface area contributed by atoms with Gasteiger partial charge in [0.1, 0.15) is 0 Å². The molecule has 1 aliphatic rings. The molecule has 0 bridgehead atoms. The number of carbonyl (C=O) groups is 1. The van der Waals surface area contributed by atoms with Crippen molar-refractivity contribution in [3.05, 3.63) is 24.0 Å². The van der Waals surface area contributed by atoms with Crippen molar-refractivity contribution in [2.75, 3.05) is 18.0 Å². The number of aliphatic hydroxyl groups excluding tert-OH is 1. The highest BCUT2D eigenvalue weighted by Crippen LogP contribution is 2.32. The number of aliphatic hydroxyl groups is 1. The van der Waals surface area contributed by atoms with Crippen LogP contribution in [0.25, 0.3) is 0 Å². The SMILES string of the molecule is CC[C@H](O)c1ccc(N2CCC(C)(C(N)=O)C2)cn1. The highest BCUT2D eigenvalue weighted by molar-refractivity contribution is 5.82. The Morgan fingerprint density at radius 2 is 2.37 bits per heavy atom. The van der Waals surface area contributed by atoms with Crippen LogP contribution in [0.5, 0.6) is 0 Å². The molecule has 1 aromatic rings. The third-order valence-electron chi connectivity index (χ3n) is 3.93. The maximum Gasteiger partial charge on any atom is 0.225 e. The second-order valence-electron chi connectivity index (χ2n) is 5.46. The predicted molar refractivity (Wildman–Crippen MR) is 73.6 cm³/mol. The fourth-order valence-corrected chi connectivity index (χ4v) is 2.37. The second-order valence-corrected chi connectivity index (χ2v) is 5.46. The van der Waals surface area contributed by atoms with E-state index in [9.17, 15) is 9.90 Å². The first-order valence-corrected chi connectivity index (χ1v) is 6.65. The lowest BCUT2D eigenvalue weighted by molar-refractivity contribution is -0.125. The molecule has 5 nitrogen and oxygen atoms in total.